The van der Waals surface area contributed by atoms with E-state index in [-0.39, 0.29) is 11.7 Å². The van der Waals surface area contributed by atoms with Gasteiger partial charge < -0.3 is 10.6 Å². The second-order valence-electron chi connectivity index (χ2n) is 5.12. The van der Waals surface area contributed by atoms with Crippen molar-refractivity contribution in [3.05, 3.63) is 47.5 Å². The largest absolute Gasteiger partial charge is 0.378 e. The number of anilines is 2. The highest BCUT2D eigenvalue weighted by atomic mass is 19.1. The maximum Gasteiger partial charge on any atom is 0.257 e. The lowest BCUT2D eigenvalue weighted by Crippen LogP contribution is -2.15. The highest BCUT2D eigenvalue weighted by molar-refractivity contribution is 6.05. The molecule has 0 aliphatic heterocycles. The smallest absolute Gasteiger partial charge is 0.257 e. The predicted molar refractivity (Wildman–Crippen MR) is 77.8 cm³/mol. The van der Waals surface area contributed by atoms with E-state index >= 15 is 0 Å². The van der Waals surface area contributed by atoms with Gasteiger partial charge in [-0.2, -0.15) is 10.2 Å². The van der Waals surface area contributed by atoms with Crippen LogP contribution in [0.3, 0.4) is 0 Å². The zero-order valence-corrected chi connectivity index (χ0v) is 11.6. The summed E-state index contributed by atoms with van der Waals surface area (Å²) in [6, 6.07) is 6.54. The van der Waals surface area contributed by atoms with Crippen molar-refractivity contribution in [2.24, 2.45) is 0 Å². The average molecular weight is 286 g/mol. The van der Waals surface area contributed by atoms with Crippen LogP contribution in [-0.2, 0) is 0 Å². The van der Waals surface area contributed by atoms with Crippen LogP contribution in [0.1, 0.15) is 28.9 Å². The third-order valence-corrected chi connectivity index (χ3v) is 3.23. The lowest BCUT2D eigenvalue weighted by atomic mass is 10.2. The number of nitrogens with one attached hydrogen (secondary N) is 2. The van der Waals surface area contributed by atoms with Crippen LogP contribution in [0.25, 0.3) is 0 Å². The molecule has 0 saturated heterocycles. The van der Waals surface area contributed by atoms with Crippen LogP contribution in [0, 0.1) is 12.7 Å². The van der Waals surface area contributed by atoms with Crippen molar-refractivity contribution in [2.75, 3.05) is 10.6 Å². The highest BCUT2D eigenvalue weighted by Crippen LogP contribution is 2.31. The number of aromatic nitrogens is 2. The zero-order valence-electron chi connectivity index (χ0n) is 11.6. The fraction of sp³-hybridized carbons (Fsp3) is 0.267. The topological polar surface area (TPSA) is 66.9 Å². The van der Waals surface area contributed by atoms with E-state index in [1.807, 2.05) is 0 Å². The summed E-state index contributed by atoms with van der Waals surface area (Å²) in [6.45, 7) is 1.76. The molecule has 1 aromatic heterocycles. The van der Waals surface area contributed by atoms with Crippen molar-refractivity contribution in [3.8, 4) is 0 Å². The number of carbonyl (C=O) groups excluding carboxylic acids is 1. The van der Waals surface area contributed by atoms with E-state index < -0.39 is 0 Å². The Morgan fingerprint density at radius 3 is 2.90 bits per heavy atom. The van der Waals surface area contributed by atoms with Gasteiger partial charge in [0.05, 0.1) is 28.8 Å². The lowest BCUT2D eigenvalue weighted by Gasteiger charge is -2.13. The van der Waals surface area contributed by atoms with Crippen LogP contribution >= 0.6 is 0 Å². The molecule has 0 unspecified atom stereocenters. The second kappa shape index (κ2) is 5.47. The van der Waals surface area contributed by atoms with Gasteiger partial charge in [0.25, 0.3) is 5.91 Å². The first-order valence-corrected chi connectivity index (χ1v) is 6.79. The van der Waals surface area contributed by atoms with Crippen LogP contribution in [0.2, 0.25) is 0 Å². The molecule has 1 aliphatic carbocycles. The van der Waals surface area contributed by atoms with Crippen LogP contribution in [0.4, 0.5) is 15.8 Å². The summed E-state index contributed by atoms with van der Waals surface area (Å²) in [5, 5.41) is 13.4. The minimum atomic E-state index is -0.372. The van der Waals surface area contributed by atoms with Crippen molar-refractivity contribution in [1.29, 1.82) is 0 Å². The summed E-state index contributed by atoms with van der Waals surface area (Å²) >= 11 is 0. The van der Waals surface area contributed by atoms with Gasteiger partial charge in [-0.15, -0.1) is 0 Å². The summed E-state index contributed by atoms with van der Waals surface area (Å²) in [7, 11) is 0. The van der Waals surface area contributed by atoms with Crippen LogP contribution in [-0.4, -0.2) is 22.1 Å². The molecule has 108 valence electrons. The molecule has 0 spiro atoms. The minimum absolute atomic E-state index is 0.294. The Balaban J connectivity index is 1.83. The predicted octanol–water partition coefficient (Wildman–Crippen LogP) is 2.75. The normalized spacial score (nSPS) is 13.8. The van der Waals surface area contributed by atoms with E-state index in [0.29, 0.717) is 28.7 Å². The maximum atomic E-state index is 13.9. The Bertz CT molecular complexity index is 685. The molecule has 1 aromatic carbocycles. The third-order valence-electron chi connectivity index (χ3n) is 3.23. The number of hydrogen-bond acceptors (Lipinski definition) is 4. The molecule has 1 heterocycles. The Hall–Kier alpha value is -2.50. The monoisotopic (exact) mass is 286 g/mol. The molecule has 3 rings (SSSR count). The van der Waals surface area contributed by atoms with E-state index in [4.69, 9.17) is 0 Å². The number of halogens is 1. The van der Waals surface area contributed by atoms with Gasteiger partial charge in [-0.3, -0.25) is 4.79 Å². The molecule has 2 N–H and O–H groups in total. The third kappa shape index (κ3) is 3.16. The van der Waals surface area contributed by atoms with Crippen molar-refractivity contribution in [3.63, 3.8) is 0 Å². The standard InChI is InChI=1S/C15H15FN4O/c1-9-7-10(8-17-20-9)15(21)19-13-4-2-3-12(16)14(13)18-11-5-6-11/h2-4,7-8,11,18H,5-6H2,1H3,(H,19,21). The van der Waals surface area contributed by atoms with Gasteiger partial charge in [0.1, 0.15) is 5.82 Å². The van der Waals surface area contributed by atoms with Crippen LogP contribution < -0.4 is 10.6 Å². The number of rotatable bonds is 4. The van der Waals surface area contributed by atoms with E-state index in [0.717, 1.165) is 12.8 Å². The van der Waals surface area contributed by atoms with E-state index in [1.54, 1.807) is 25.1 Å². The van der Waals surface area contributed by atoms with Crippen molar-refractivity contribution in [1.82, 2.24) is 10.2 Å². The summed E-state index contributed by atoms with van der Waals surface area (Å²) in [4.78, 5) is 12.2. The van der Waals surface area contributed by atoms with Gasteiger partial charge in [-0.1, -0.05) is 6.07 Å². The molecule has 6 heteroatoms. The molecule has 2 aromatic rings. The van der Waals surface area contributed by atoms with E-state index in [9.17, 15) is 9.18 Å². The molecule has 1 saturated carbocycles. The van der Waals surface area contributed by atoms with Gasteiger partial charge in [0.15, 0.2) is 0 Å². The van der Waals surface area contributed by atoms with Gasteiger partial charge in [0, 0.05) is 6.04 Å². The van der Waals surface area contributed by atoms with Crippen LogP contribution in [0.5, 0.6) is 0 Å². The van der Waals surface area contributed by atoms with Crippen molar-refractivity contribution < 1.29 is 9.18 Å². The number of aryl methyl sites for hydroxylation is 1. The Morgan fingerprint density at radius 1 is 1.38 bits per heavy atom. The summed E-state index contributed by atoms with van der Waals surface area (Å²) in [5.41, 5.74) is 1.82. The number of nitrogens with zero attached hydrogens (tertiary/aromatic N) is 2. The molecule has 1 amide bonds. The van der Waals surface area contributed by atoms with Crippen LogP contribution in [0.15, 0.2) is 30.5 Å². The first-order valence-electron chi connectivity index (χ1n) is 6.79. The molecule has 0 radical (unpaired) electrons. The Morgan fingerprint density at radius 2 is 2.19 bits per heavy atom. The fourth-order valence-corrected chi connectivity index (χ4v) is 2.00. The SMILES string of the molecule is Cc1cc(C(=O)Nc2cccc(F)c2NC2CC2)cnn1. The second-order valence-corrected chi connectivity index (χ2v) is 5.12. The van der Waals surface area contributed by atoms with E-state index in [1.165, 1.54) is 12.3 Å². The van der Waals surface area contributed by atoms with Gasteiger partial charge >= 0.3 is 0 Å². The van der Waals surface area contributed by atoms with Crippen molar-refractivity contribution >= 4 is 17.3 Å². The first kappa shape index (κ1) is 13.5. The molecule has 0 atom stereocenters. The summed E-state index contributed by atoms with van der Waals surface area (Å²) in [6.07, 6.45) is 3.43. The number of carbonyl (C=O) groups is 1. The molecular weight excluding hydrogens is 271 g/mol. The summed E-state index contributed by atoms with van der Waals surface area (Å²) in [5.74, 6) is -0.707. The lowest BCUT2D eigenvalue weighted by molar-refractivity contribution is 0.102. The quantitative estimate of drug-likeness (QED) is 0.907. The summed E-state index contributed by atoms with van der Waals surface area (Å²) < 4.78 is 13.9. The van der Waals surface area contributed by atoms with E-state index in [2.05, 4.69) is 20.8 Å². The fourth-order valence-electron chi connectivity index (χ4n) is 2.00. The van der Waals surface area contributed by atoms with Crippen molar-refractivity contribution in [2.45, 2.75) is 25.8 Å². The van der Waals surface area contributed by atoms with Gasteiger partial charge in [-0.25, -0.2) is 4.39 Å². The number of hydrogen-bond donors (Lipinski definition) is 2. The molecule has 1 fully saturated rings. The first-order chi connectivity index (χ1) is 10.1. The molecule has 21 heavy (non-hydrogen) atoms. The number of para-hydroxylation sites is 1. The molecule has 1 aliphatic rings. The Labute approximate surface area is 121 Å². The Kier molecular flexibility index (Phi) is 3.51. The number of amides is 1. The number of benzene rings is 1. The van der Waals surface area contributed by atoms with Gasteiger partial charge in [0.2, 0.25) is 0 Å². The minimum Gasteiger partial charge on any atom is -0.378 e. The van der Waals surface area contributed by atoms with Gasteiger partial charge in [-0.05, 0) is 38.0 Å². The average Bonchev–Trinajstić information content (AvgIpc) is 3.26. The molecule has 0 bridgehead atoms. The highest BCUT2D eigenvalue weighted by Gasteiger charge is 2.24. The molecular formula is C15H15FN4O. The maximum absolute atomic E-state index is 13.9. The molecule has 5 nitrogen and oxygen atoms in total. The zero-order chi connectivity index (χ0) is 14.8.